The Morgan fingerprint density at radius 1 is 1.25 bits per heavy atom. The van der Waals surface area contributed by atoms with Crippen LogP contribution in [0.2, 0.25) is 10.0 Å². The first-order chi connectivity index (χ1) is 9.51. The molecule has 1 heterocycles. The molecule has 106 valence electrons. The van der Waals surface area contributed by atoms with Crippen molar-refractivity contribution in [3.05, 3.63) is 51.9 Å². The molecule has 1 aromatic carbocycles. The van der Waals surface area contributed by atoms with Gasteiger partial charge in [-0.15, -0.1) is 0 Å². The molecule has 0 saturated carbocycles. The molecule has 0 aliphatic rings. The highest BCUT2D eigenvalue weighted by atomic mass is 35.5. The number of halogens is 2. The molecule has 1 N–H and O–H groups in total. The fourth-order valence-corrected chi connectivity index (χ4v) is 2.00. The van der Waals surface area contributed by atoms with Crippen LogP contribution in [0, 0.1) is 0 Å². The lowest BCUT2D eigenvalue weighted by Gasteiger charge is -2.13. The second kappa shape index (κ2) is 6.20. The number of ether oxygens (including phenoxy) is 1. The summed E-state index contributed by atoms with van der Waals surface area (Å²) in [6.45, 7) is 1.91. The minimum atomic E-state index is -0.502. The van der Waals surface area contributed by atoms with Crippen molar-refractivity contribution in [3.8, 4) is 0 Å². The molecule has 0 amide bonds. The number of carbonyl (C=O) groups excluding carboxylic acids is 1. The molecule has 0 aliphatic carbocycles. The Hall–Kier alpha value is -1.65. The number of benzene rings is 1. The fraction of sp³-hybridized carbons (Fsp3) is 0.214. The smallest absolute Gasteiger partial charge is 0.373 e. The molecule has 0 radical (unpaired) electrons. The molecule has 2 aromatic rings. The third kappa shape index (κ3) is 3.26. The number of anilines is 1. The average Bonchev–Trinajstić information content (AvgIpc) is 2.92. The van der Waals surface area contributed by atoms with Crippen LogP contribution in [0.25, 0.3) is 0 Å². The Balaban J connectivity index is 2.11. The van der Waals surface area contributed by atoms with Gasteiger partial charge in [-0.25, -0.2) is 4.79 Å². The van der Waals surface area contributed by atoms with Gasteiger partial charge >= 0.3 is 5.97 Å². The number of esters is 1. The molecule has 2 rings (SSSR count). The van der Waals surface area contributed by atoms with Crippen molar-refractivity contribution in [1.29, 1.82) is 0 Å². The van der Waals surface area contributed by atoms with Gasteiger partial charge in [0.2, 0.25) is 5.76 Å². The maximum absolute atomic E-state index is 11.3. The summed E-state index contributed by atoms with van der Waals surface area (Å²) in [6.07, 6.45) is 0. The van der Waals surface area contributed by atoms with E-state index in [1.807, 2.05) is 13.0 Å². The number of hydrogen-bond donors (Lipinski definition) is 1. The Morgan fingerprint density at radius 2 is 2.00 bits per heavy atom. The van der Waals surface area contributed by atoms with E-state index in [1.165, 1.54) is 7.11 Å². The van der Waals surface area contributed by atoms with Gasteiger partial charge in [0.25, 0.3) is 0 Å². The van der Waals surface area contributed by atoms with Gasteiger partial charge in [0.1, 0.15) is 5.76 Å². The molecule has 1 atom stereocenters. The van der Waals surface area contributed by atoms with E-state index >= 15 is 0 Å². The number of carbonyl (C=O) groups is 1. The molecule has 1 aromatic heterocycles. The highest BCUT2D eigenvalue weighted by Crippen LogP contribution is 2.28. The van der Waals surface area contributed by atoms with Gasteiger partial charge in [0, 0.05) is 5.69 Å². The van der Waals surface area contributed by atoms with Crippen molar-refractivity contribution in [2.75, 3.05) is 12.4 Å². The first-order valence-electron chi connectivity index (χ1n) is 5.91. The van der Waals surface area contributed by atoms with Crippen LogP contribution in [0.1, 0.15) is 29.3 Å². The van der Waals surface area contributed by atoms with E-state index in [2.05, 4.69) is 10.1 Å². The highest BCUT2D eigenvalue weighted by molar-refractivity contribution is 6.42. The minimum absolute atomic E-state index is 0.134. The maximum Gasteiger partial charge on any atom is 0.373 e. The minimum Gasteiger partial charge on any atom is -0.463 e. The van der Waals surface area contributed by atoms with Gasteiger partial charge in [-0.2, -0.15) is 0 Å². The average molecular weight is 314 g/mol. The molecular formula is C14H13Cl2NO3. The third-order valence-corrected chi connectivity index (χ3v) is 3.48. The predicted octanol–water partition coefficient (Wildman–Crippen LogP) is 4.55. The largest absolute Gasteiger partial charge is 0.463 e. The van der Waals surface area contributed by atoms with E-state index in [-0.39, 0.29) is 11.8 Å². The zero-order valence-corrected chi connectivity index (χ0v) is 12.5. The van der Waals surface area contributed by atoms with E-state index in [0.29, 0.717) is 15.8 Å². The quantitative estimate of drug-likeness (QED) is 0.841. The Morgan fingerprint density at radius 3 is 2.65 bits per heavy atom. The van der Waals surface area contributed by atoms with Crippen LogP contribution in [0.4, 0.5) is 5.69 Å². The van der Waals surface area contributed by atoms with Gasteiger partial charge in [0.05, 0.1) is 23.2 Å². The van der Waals surface area contributed by atoms with Crippen LogP contribution in [0.5, 0.6) is 0 Å². The maximum atomic E-state index is 11.3. The second-order valence-electron chi connectivity index (χ2n) is 4.19. The molecule has 4 nitrogen and oxygen atoms in total. The number of nitrogens with one attached hydrogen (secondary N) is 1. The SMILES string of the molecule is COC(=O)c1ccc(C(C)Nc2ccc(Cl)c(Cl)c2)o1. The molecule has 20 heavy (non-hydrogen) atoms. The summed E-state index contributed by atoms with van der Waals surface area (Å²) in [5.74, 6) is 0.291. The summed E-state index contributed by atoms with van der Waals surface area (Å²) in [4.78, 5) is 11.3. The number of methoxy groups -OCH3 is 1. The van der Waals surface area contributed by atoms with Crippen molar-refractivity contribution < 1.29 is 13.9 Å². The lowest BCUT2D eigenvalue weighted by molar-refractivity contribution is 0.0562. The Kier molecular flexibility index (Phi) is 4.57. The third-order valence-electron chi connectivity index (χ3n) is 2.74. The summed E-state index contributed by atoms with van der Waals surface area (Å²) in [5.41, 5.74) is 0.808. The van der Waals surface area contributed by atoms with E-state index in [0.717, 1.165) is 5.69 Å². The monoisotopic (exact) mass is 313 g/mol. The molecular weight excluding hydrogens is 301 g/mol. The summed E-state index contributed by atoms with van der Waals surface area (Å²) < 4.78 is 10.0. The summed E-state index contributed by atoms with van der Waals surface area (Å²) in [6, 6.07) is 8.42. The summed E-state index contributed by atoms with van der Waals surface area (Å²) in [5, 5.41) is 4.17. The first kappa shape index (κ1) is 14.8. The van der Waals surface area contributed by atoms with E-state index in [4.69, 9.17) is 27.6 Å². The molecule has 0 fully saturated rings. The molecule has 0 bridgehead atoms. The zero-order valence-electron chi connectivity index (χ0n) is 10.9. The van der Waals surface area contributed by atoms with Gasteiger partial charge in [0.15, 0.2) is 0 Å². The van der Waals surface area contributed by atoms with Crippen LogP contribution in [-0.2, 0) is 4.74 Å². The van der Waals surface area contributed by atoms with Gasteiger partial charge < -0.3 is 14.5 Å². The van der Waals surface area contributed by atoms with Crippen LogP contribution < -0.4 is 5.32 Å². The van der Waals surface area contributed by atoms with Crippen molar-refractivity contribution in [2.24, 2.45) is 0 Å². The van der Waals surface area contributed by atoms with Crippen LogP contribution >= 0.6 is 23.2 Å². The van der Waals surface area contributed by atoms with E-state index in [9.17, 15) is 4.79 Å². The lowest BCUT2D eigenvalue weighted by Crippen LogP contribution is -2.05. The molecule has 1 unspecified atom stereocenters. The normalized spacial score (nSPS) is 12.0. The standard InChI is InChI=1S/C14H13Cl2NO3/c1-8(12-5-6-13(20-12)14(18)19-2)17-9-3-4-10(15)11(16)7-9/h3-8,17H,1-2H3. The predicted molar refractivity (Wildman–Crippen MR) is 78.5 cm³/mol. The molecule has 0 aliphatic heterocycles. The van der Waals surface area contributed by atoms with Crippen molar-refractivity contribution >= 4 is 34.9 Å². The van der Waals surface area contributed by atoms with Crippen LogP contribution in [0.3, 0.4) is 0 Å². The lowest BCUT2D eigenvalue weighted by atomic mass is 10.2. The number of rotatable bonds is 4. The number of hydrogen-bond acceptors (Lipinski definition) is 4. The molecule has 0 saturated heterocycles. The van der Waals surface area contributed by atoms with Crippen molar-refractivity contribution in [3.63, 3.8) is 0 Å². The Bertz CT molecular complexity index is 625. The zero-order chi connectivity index (χ0) is 14.7. The molecule has 6 heteroatoms. The van der Waals surface area contributed by atoms with Crippen LogP contribution in [-0.4, -0.2) is 13.1 Å². The molecule has 0 spiro atoms. The number of furan rings is 1. The summed E-state index contributed by atoms with van der Waals surface area (Å²) >= 11 is 11.8. The van der Waals surface area contributed by atoms with Gasteiger partial charge in [-0.1, -0.05) is 23.2 Å². The van der Waals surface area contributed by atoms with E-state index < -0.39 is 5.97 Å². The van der Waals surface area contributed by atoms with Crippen molar-refractivity contribution in [2.45, 2.75) is 13.0 Å². The van der Waals surface area contributed by atoms with Crippen molar-refractivity contribution in [1.82, 2.24) is 0 Å². The fourth-order valence-electron chi connectivity index (χ4n) is 1.70. The highest BCUT2D eigenvalue weighted by Gasteiger charge is 2.15. The Labute approximate surface area is 126 Å². The first-order valence-corrected chi connectivity index (χ1v) is 6.66. The second-order valence-corrected chi connectivity index (χ2v) is 5.00. The van der Waals surface area contributed by atoms with E-state index in [1.54, 1.807) is 24.3 Å². The van der Waals surface area contributed by atoms with Gasteiger partial charge in [-0.05, 0) is 37.3 Å². The topological polar surface area (TPSA) is 51.5 Å². The van der Waals surface area contributed by atoms with Crippen LogP contribution in [0.15, 0.2) is 34.7 Å². The van der Waals surface area contributed by atoms with Gasteiger partial charge in [-0.3, -0.25) is 0 Å². The summed E-state index contributed by atoms with van der Waals surface area (Å²) in [7, 11) is 1.31.